The summed E-state index contributed by atoms with van der Waals surface area (Å²) < 4.78 is 2.31. The molecule has 3 heteroatoms. The maximum atomic E-state index is 4.24. The van der Waals surface area contributed by atoms with Crippen LogP contribution in [-0.4, -0.2) is 5.49 Å². The highest BCUT2D eigenvalue weighted by molar-refractivity contribution is 7.83. The van der Waals surface area contributed by atoms with Gasteiger partial charge in [0.05, 0.1) is 5.49 Å². The standard InChI is InChI=1S/CH3NS2/c3-1-2-4/h1,4H,(H,2,3). The van der Waals surface area contributed by atoms with Crippen molar-refractivity contribution in [2.45, 2.75) is 0 Å². The number of nitrogens with one attached hydrogen (secondary N) is 1. The maximum absolute atomic E-state index is 4.24. The molecule has 0 bridgehead atoms. The predicted molar refractivity (Wildman–Crippen MR) is 25.8 cm³/mol. The molecule has 0 saturated heterocycles. The third kappa shape index (κ3) is 2.24. The summed E-state index contributed by atoms with van der Waals surface area (Å²) in [5, 5.41) is 0. The smallest absolute Gasteiger partial charge is 0.0712 e. The molecule has 1 N–H and O–H groups in total. The largest absolute Gasteiger partial charge is 0.329 e. The third-order valence-corrected chi connectivity index (χ3v) is 0.474. The van der Waals surface area contributed by atoms with Crippen LogP contribution in [0.3, 0.4) is 0 Å². The lowest BCUT2D eigenvalue weighted by atomic mass is 11.6. The molecular weight excluding hydrogens is 90.2 g/mol. The summed E-state index contributed by atoms with van der Waals surface area (Å²) in [5.41, 5.74) is 1.32. The number of thiol groups is 1. The van der Waals surface area contributed by atoms with Crippen LogP contribution < -0.4 is 4.72 Å². The van der Waals surface area contributed by atoms with Gasteiger partial charge in [-0.15, -0.1) is 0 Å². The summed E-state index contributed by atoms with van der Waals surface area (Å²) in [7, 11) is 0. The van der Waals surface area contributed by atoms with E-state index < -0.39 is 0 Å². The van der Waals surface area contributed by atoms with Gasteiger partial charge in [0.2, 0.25) is 0 Å². The van der Waals surface area contributed by atoms with Crippen molar-refractivity contribution in [2.75, 3.05) is 0 Å². The first-order valence-electron chi connectivity index (χ1n) is 0.748. The fraction of sp³-hybridized carbons (Fsp3) is 0. The summed E-state index contributed by atoms with van der Waals surface area (Å²) in [6.07, 6.45) is 0. The van der Waals surface area contributed by atoms with Crippen LogP contribution in [0.4, 0.5) is 0 Å². The van der Waals surface area contributed by atoms with Crippen molar-refractivity contribution in [3.8, 4) is 0 Å². The van der Waals surface area contributed by atoms with Crippen LogP contribution in [0.1, 0.15) is 0 Å². The Balaban J connectivity index is 2.30. The van der Waals surface area contributed by atoms with Crippen LogP contribution >= 0.6 is 25.0 Å². The fourth-order valence-electron chi connectivity index (χ4n) is 0. The van der Waals surface area contributed by atoms with E-state index in [1.807, 2.05) is 0 Å². The zero-order chi connectivity index (χ0) is 3.41. The molecule has 1 nitrogen and oxygen atoms in total. The van der Waals surface area contributed by atoms with Crippen molar-refractivity contribution in [1.29, 1.82) is 0 Å². The quantitative estimate of drug-likeness (QED) is 0.359. The molecule has 0 aliphatic carbocycles. The molecule has 0 heterocycles. The van der Waals surface area contributed by atoms with Gasteiger partial charge in [-0.05, 0) is 0 Å². The van der Waals surface area contributed by atoms with Gasteiger partial charge >= 0.3 is 0 Å². The number of hydrogen-bond donors (Lipinski definition) is 2. The van der Waals surface area contributed by atoms with Gasteiger partial charge < -0.3 is 4.72 Å². The molecule has 0 aliphatic rings. The zero-order valence-electron chi connectivity index (χ0n) is 1.93. The second kappa shape index (κ2) is 3.24. The van der Waals surface area contributed by atoms with E-state index in [4.69, 9.17) is 0 Å². The number of rotatable bonds is 1. The molecule has 0 aromatic heterocycles. The summed E-state index contributed by atoms with van der Waals surface area (Å²) in [6.45, 7) is 0. The van der Waals surface area contributed by atoms with Gasteiger partial charge in [-0.3, -0.25) is 0 Å². The van der Waals surface area contributed by atoms with E-state index in [-0.39, 0.29) is 0 Å². The monoisotopic (exact) mass is 93.0 g/mol. The van der Waals surface area contributed by atoms with Crippen molar-refractivity contribution in [2.24, 2.45) is 0 Å². The van der Waals surface area contributed by atoms with Crippen LogP contribution in [0, 0.1) is 0 Å². The van der Waals surface area contributed by atoms with Gasteiger partial charge in [0.1, 0.15) is 0 Å². The van der Waals surface area contributed by atoms with Crippen molar-refractivity contribution < 1.29 is 0 Å². The van der Waals surface area contributed by atoms with Crippen LogP contribution in [0.25, 0.3) is 0 Å². The normalized spacial score (nSPS) is 5.25. The molecule has 0 radical (unpaired) electrons. The molecule has 0 spiro atoms. The minimum Gasteiger partial charge on any atom is -0.329 e. The first-order valence-corrected chi connectivity index (χ1v) is 1.67. The van der Waals surface area contributed by atoms with Crippen LogP contribution in [0.15, 0.2) is 0 Å². The van der Waals surface area contributed by atoms with E-state index in [1.54, 1.807) is 0 Å². The van der Waals surface area contributed by atoms with E-state index in [1.165, 1.54) is 5.49 Å². The Bertz CT molecular complexity index is 20.0. The van der Waals surface area contributed by atoms with Crippen molar-refractivity contribution in [3.05, 3.63) is 0 Å². The van der Waals surface area contributed by atoms with Crippen molar-refractivity contribution >= 4 is 30.5 Å². The summed E-state index contributed by atoms with van der Waals surface area (Å²) in [6, 6.07) is 0. The average Bonchev–Trinajstić information content (AvgIpc) is 1.37. The molecule has 0 atom stereocenters. The average molecular weight is 93.2 g/mol. The van der Waals surface area contributed by atoms with E-state index in [0.717, 1.165) is 0 Å². The lowest BCUT2D eigenvalue weighted by Gasteiger charge is -1.66. The number of hydrogen-bond acceptors (Lipinski definition) is 2. The molecule has 0 unspecified atom stereocenters. The Kier molecular flexibility index (Phi) is 3.43. The van der Waals surface area contributed by atoms with E-state index in [0.29, 0.717) is 0 Å². The van der Waals surface area contributed by atoms with Gasteiger partial charge in [0.25, 0.3) is 0 Å². The lowest BCUT2D eigenvalue weighted by Crippen LogP contribution is -1.84. The maximum Gasteiger partial charge on any atom is 0.0712 e. The predicted octanol–water partition coefficient (Wildman–Crippen LogP) is 0.378. The molecular formula is CH3NS2. The zero-order valence-corrected chi connectivity index (χ0v) is 3.64. The lowest BCUT2D eigenvalue weighted by molar-refractivity contribution is 1.69. The summed E-state index contributed by atoms with van der Waals surface area (Å²) >= 11 is 7.75. The third-order valence-electron chi connectivity index (χ3n) is 0.0527. The Labute approximate surface area is 35.9 Å². The first-order chi connectivity index (χ1) is 1.91. The molecule has 0 aliphatic heterocycles. The molecule has 0 fully saturated rings. The van der Waals surface area contributed by atoms with E-state index in [2.05, 4.69) is 29.8 Å². The van der Waals surface area contributed by atoms with Crippen molar-refractivity contribution in [1.82, 2.24) is 4.72 Å². The molecule has 0 rings (SSSR count). The van der Waals surface area contributed by atoms with Crippen LogP contribution in [0.5, 0.6) is 0 Å². The summed E-state index contributed by atoms with van der Waals surface area (Å²) in [5.74, 6) is 0. The molecule has 0 aromatic carbocycles. The van der Waals surface area contributed by atoms with Gasteiger partial charge in [-0.1, -0.05) is 25.0 Å². The second-order valence-electron chi connectivity index (χ2n) is 0.247. The SMILES string of the molecule is S=CNS. The van der Waals surface area contributed by atoms with Gasteiger partial charge in [-0.25, -0.2) is 0 Å². The van der Waals surface area contributed by atoms with Crippen LogP contribution in [0.2, 0.25) is 0 Å². The Morgan fingerprint density at radius 2 is 2.25 bits per heavy atom. The Morgan fingerprint density at radius 3 is 2.25 bits per heavy atom. The fourth-order valence-corrected chi connectivity index (χ4v) is 0. The van der Waals surface area contributed by atoms with Crippen LogP contribution in [-0.2, 0) is 0 Å². The number of thiocarbonyl (C=S) groups is 1. The molecule has 24 valence electrons. The minimum absolute atomic E-state index is 1.32. The first kappa shape index (κ1) is 4.24. The Morgan fingerprint density at radius 1 is 2.00 bits per heavy atom. The highest BCUT2D eigenvalue weighted by Crippen LogP contribution is 1.45. The highest BCUT2D eigenvalue weighted by Gasteiger charge is 1.39. The van der Waals surface area contributed by atoms with E-state index in [9.17, 15) is 0 Å². The van der Waals surface area contributed by atoms with Gasteiger partial charge in [0, 0.05) is 0 Å². The minimum atomic E-state index is 1.32. The summed E-state index contributed by atoms with van der Waals surface area (Å²) in [4.78, 5) is 0. The van der Waals surface area contributed by atoms with Gasteiger partial charge in [0.15, 0.2) is 0 Å². The molecule has 0 saturated carbocycles. The molecule has 0 amide bonds. The topological polar surface area (TPSA) is 12.0 Å². The highest BCUT2D eigenvalue weighted by atomic mass is 32.1. The second-order valence-corrected chi connectivity index (χ2v) is 0.741. The van der Waals surface area contributed by atoms with E-state index >= 15 is 0 Å². The Hall–Kier alpha value is 0.240. The van der Waals surface area contributed by atoms with Crippen molar-refractivity contribution in [3.63, 3.8) is 0 Å². The van der Waals surface area contributed by atoms with Gasteiger partial charge in [-0.2, -0.15) is 0 Å². The molecule has 0 aromatic rings. The molecule has 4 heavy (non-hydrogen) atoms.